The molecule has 1 aromatic rings. The second-order valence-corrected chi connectivity index (χ2v) is 4.40. The number of anilines is 1. The lowest BCUT2D eigenvalue weighted by molar-refractivity contribution is -0.116. The van der Waals surface area contributed by atoms with Crippen LogP contribution in [0.3, 0.4) is 0 Å². The maximum absolute atomic E-state index is 13.1. The Bertz CT molecular complexity index is 359. The van der Waals surface area contributed by atoms with E-state index >= 15 is 0 Å². The summed E-state index contributed by atoms with van der Waals surface area (Å²) in [5, 5.41) is 2.64. The van der Waals surface area contributed by atoms with Crippen molar-refractivity contribution in [2.75, 3.05) is 11.2 Å². The summed E-state index contributed by atoms with van der Waals surface area (Å²) < 4.78 is 13.5. The summed E-state index contributed by atoms with van der Waals surface area (Å²) in [6.07, 6.45) is 0.982. The number of carbonyl (C=O) groups excluding carboxylic acids is 1. The third-order valence-electron chi connectivity index (χ3n) is 1.76. The van der Waals surface area contributed by atoms with Gasteiger partial charge in [0.15, 0.2) is 0 Å². The van der Waals surface area contributed by atoms with Gasteiger partial charge in [0.25, 0.3) is 0 Å². The lowest BCUT2D eigenvalue weighted by Gasteiger charge is -2.07. The molecule has 0 aliphatic rings. The third kappa shape index (κ3) is 3.95. The van der Waals surface area contributed by atoms with E-state index in [-0.39, 0.29) is 11.7 Å². The molecule has 0 saturated heterocycles. The van der Waals surface area contributed by atoms with Crippen LogP contribution in [0.5, 0.6) is 0 Å². The van der Waals surface area contributed by atoms with Gasteiger partial charge in [-0.1, -0.05) is 6.07 Å². The zero-order valence-electron chi connectivity index (χ0n) is 7.90. The lowest BCUT2D eigenvalue weighted by atomic mass is 10.3. The monoisotopic (exact) mass is 341 g/mol. The van der Waals surface area contributed by atoms with Crippen molar-refractivity contribution in [1.29, 1.82) is 0 Å². The van der Waals surface area contributed by atoms with Crippen molar-refractivity contribution in [3.05, 3.63) is 27.6 Å². The Morgan fingerprint density at radius 1 is 1.53 bits per heavy atom. The predicted molar refractivity (Wildman–Crippen MR) is 67.7 cm³/mol. The Kier molecular flexibility index (Phi) is 5.31. The summed E-state index contributed by atoms with van der Waals surface area (Å²) in [5.41, 5.74) is 0.509. The summed E-state index contributed by atoms with van der Waals surface area (Å²) in [5.74, 6) is -0.0156. The Morgan fingerprint density at radius 3 is 2.93 bits per heavy atom. The molecule has 0 aliphatic carbocycles. The van der Waals surface area contributed by atoms with Gasteiger partial charge in [0, 0.05) is 12.3 Å². The summed E-state index contributed by atoms with van der Waals surface area (Å²) >= 11 is 7.32. The molecule has 0 aromatic heterocycles. The predicted octanol–water partition coefficient (Wildman–Crippen LogP) is 3.39. The number of alkyl halides is 1. The number of halogens is 3. The van der Waals surface area contributed by atoms with Crippen LogP contribution in [0.25, 0.3) is 0 Å². The van der Waals surface area contributed by atoms with E-state index in [4.69, 9.17) is 11.6 Å². The second kappa shape index (κ2) is 6.27. The molecule has 0 bridgehead atoms. The van der Waals surface area contributed by atoms with Crippen molar-refractivity contribution in [1.82, 2.24) is 0 Å². The molecular formula is C10H10ClFINO. The molecule has 1 rings (SSSR count). The number of nitrogens with one attached hydrogen (secondary N) is 1. The van der Waals surface area contributed by atoms with Gasteiger partial charge in [-0.25, -0.2) is 4.39 Å². The minimum Gasteiger partial charge on any atom is -0.325 e. The van der Waals surface area contributed by atoms with Crippen LogP contribution in [0, 0.1) is 9.39 Å². The van der Waals surface area contributed by atoms with Crippen LogP contribution in [0.1, 0.15) is 12.8 Å². The molecule has 0 fully saturated rings. The molecule has 0 spiro atoms. The molecule has 0 heterocycles. The van der Waals surface area contributed by atoms with Crippen LogP contribution in [0.15, 0.2) is 18.2 Å². The number of amides is 1. The summed E-state index contributed by atoms with van der Waals surface area (Å²) in [4.78, 5) is 11.3. The molecule has 2 nitrogen and oxygen atoms in total. The largest absolute Gasteiger partial charge is 0.325 e. The van der Waals surface area contributed by atoms with E-state index < -0.39 is 0 Å². The maximum Gasteiger partial charge on any atom is 0.224 e. The third-order valence-corrected chi connectivity index (χ3v) is 3.13. The zero-order chi connectivity index (χ0) is 11.3. The highest BCUT2D eigenvalue weighted by Crippen LogP contribution is 2.20. The summed E-state index contributed by atoms with van der Waals surface area (Å²) in [6.45, 7) is 0. The molecule has 5 heteroatoms. The van der Waals surface area contributed by atoms with Crippen LogP contribution >= 0.6 is 34.2 Å². The molecule has 0 saturated carbocycles. The maximum atomic E-state index is 13.1. The highest BCUT2D eigenvalue weighted by atomic mass is 127. The van der Waals surface area contributed by atoms with Gasteiger partial charge >= 0.3 is 0 Å². The highest BCUT2D eigenvalue weighted by Gasteiger charge is 2.07. The Balaban J connectivity index is 2.64. The van der Waals surface area contributed by atoms with Crippen molar-refractivity contribution in [2.24, 2.45) is 0 Å². The number of carbonyl (C=O) groups is 1. The molecule has 0 unspecified atom stereocenters. The number of hydrogen-bond acceptors (Lipinski definition) is 1. The summed E-state index contributed by atoms with van der Waals surface area (Å²) in [7, 11) is 0. The molecule has 15 heavy (non-hydrogen) atoms. The molecule has 0 radical (unpaired) electrons. The first-order valence-corrected chi connectivity index (χ1v) is 6.06. The fourth-order valence-electron chi connectivity index (χ4n) is 1.04. The van der Waals surface area contributed by atoms with E-state index in [1.165, 1.54) is 6.07 Å². The van der Waals surface area contributed by atoms with Crippen LogP contribution in [-0.4, -0.2) is 11.8 Å². The number of rotatable bonds is 4. The van der Waals surface area contributed by atoms with E-state index in [2.05, 4.69) is 5.32 Å². The van der Waals surface area contributed by atoms with Crippen LogP contribution in [-0.2, 0) is 4.79 Å². The van der Waals surface area contributed by atoms with Gasteiger partial charge < -0.3 is 5.32 Å². The average Bonchev–Trinajstić information content (AvgIpc) is 2.22. The van der Waals surface area contributed by atoms with Crippen molar-refractivity contribution < 1.29 is 9.18 Å². The van der Waals surface area contributed by atoms with E-state index in [1.54, 1.807) is 12.1 Å². The van der Waals surface area contributed by atoms with Crippen molar-refractivity contribution >= 4 is 45.8 Å². The first-order chi connectivity index (χ1) is 7.15. The Labute approximate surface area is 106 Å². The van der Waals surface area contributed by atoms with Crippen molar-refractivity contribution in [3.63, 3.8) is 0 Å². The van der Waals surface area contributed by atoms with Gasteiger partial charge in [-0.3, -0.25) is 4.79 Å². The van der Waals surface area contributed by atoms with Gasteiger partial charge in [0.05, 0.1) is 9.26 Å². The normalized spacial score (nSPS) is 10.1. The van der Waals surface area contributed by atoms with Crippen molar-refractivity contribution in [2.45, 2.75) is 12.8 Å². The van der Waals surface area contributed by atoms with E-state index in [0.717, 1.165) is 0 Å². The van der Waals surface area contributed by atoms with Gasteiger partial charge in [-0.2, -0.15) is 0 Å². The van der Waals surface area contributed by atoms with Gasteiger partial charge in [-0.15, -0.1) is 11.6 Å². The molecular weight excluding hydrogens is 331 g/mol. The molecule has 1 aromatic carbocycles. The topological polar surface area (TPSA) is 29.1 Å². The zero-order valence-corrected chi connectivity index (χ0v) is 10.8. The molecule has 82 valence electrons. The van der Waals surface area contributed by atoms with Gasteiger partial charge in [0.1, 0.15) is 5.82 Å². The Hall–Kier alpha value is -0.360. The SMILES string of the molecule is O=C(CCCCl)Nc1cccc(F)c1I. The second-order valence-electron chi connectivity index (χ2n) is 2.94. The quantitative estimate of drug-likeness (QED) is 0.660. The lowest BCUT2D eigenvalue weighted by Crippen LogP contribution is -2.12. The van der Waals surface area contributed by atoms with E-state index in [0.29, 0.717) is 28.0 Å². The number of hydrogen-bond donors (Lipinski definition) is 1. The van der Waals surface area contributed by atoms with Crippen LogP contribution < -0.4 is 5.32 Å². The number of benzene rings is 1. The molecule has 1 amide bonds. The molecule has 1 N–H and O–H groups in total. The standard InChI is InChI=1S/C10H10ClFINO/c11-6-2-5-9(15)14-8-4-1-3-7(12)10(8)13/h1,3-4H,2,5-6H2,(H,14,15). The fourth-order valence-corrected chi connectivity index (χ4v) is 1.67. The first kappa shape index (κ1) is 12.7. The molecule has 0 aliphatic heterocycles. The summed E-state index contributed by atoms with van der Waals surface area (Å²) in [6, 6.07) is 4.59. The van der Waals surface area contributed by atoms with Gasteiger partial charge in [0.2, 0.25) is 5.91 Å². The first-order valence-electron chi connectivity index (χ1n) is 4.45. The Morgan fingerprint density at radius 2 is 2.27 bits per heavy atom. The van der Waals surface area contributed by atoms with Crippen molar-refractivity contribution in [3.8, 4) is 0 Å². The van der Waals surface area contributed by atoms with Crippen LogP contribution in [0.4, 0.5) is 10.1 Å². The minimum absolute atomic E-state index is 0.140. The fraction of sp³-hybridized carbons (Fsp3) is 0.300. The smallest absolute Gasteiger partial charge is 0.224 e. The molecule has 0 atom stereocenters. The average molecular weight is 342 g/mol. The van der Waals surface area contributed by atoms with Gasteiger partial charge in [-0.05, 0) is 41.1 Å². The van der Waals surface area contributed by atoms with E-state index in [9.17, 15) is 9.18 Å². The minimum atomic E-state index is -0.328. The van der Waals surface area contributed by atoms with Crippen LogP contribution in [0.2, 0.25) is 0 Å². The van der Waals surface area contributed by atoms with E-state index in [1.807, 2.05) is 22.6 Å². The highest BCUT2D eigenvalue weighted by molar-refractivity contribution is 14.1.